The monoisotopic (exact) mass is 359 g/mol. The predicted octanol–water partition coefficient (Wildman–Crippen LogP) is 3.95. The van der Waals surface area contributed by atoms with Gasteiger partial charge in [0.15, 0.2) is 0 Å². The van der Waals surface area contributed by atoms with E-state index in [1.165, 1.54) is 32.1 Å². The van der Waals surface area contributed by atoms with Gasteiger partial charge in [0, 0.05) is 18.7 Å². The van der Waals surface area contributed by atoms with Crippen molar-refractivity contribution in [3.05, 3.63) is 33.7 Å². The molecule has 1 aromatic carbocycles. The third kappa shape index (κ3) is 7.33. The number of nitrogens with one attached hydrogen (secondary N) is 1. The molecule has 1 N–H and O–H groups in total. The van der Waals surface area contributed by atoms with Crippen LogP contribution in [0.15, 0.2) is 12.1 Å². The molecule has 0 aromatic heterocycles. The first-order valence-electron chi connectivity index (χ1n) is 10.2. The van der Waals surface area contributed by atoms with Crippen LogP contribution in [0.3, 0.4) is 0 Å². The van der Waals surface area contributed by atoms with Crippen LogP contribution < -0.4 is 15.8 Å². The van der Waals surface area contributed by atoms with Crippen molar-refractivity contribution in [1.82, 2.24) is 5.32 Å². The van der Waals surface area contributed by atoms with Crippen LogP contribution in [-0.4, -0.2) is 25.7 Å². The molecule has 1 amide bonds. The first kappa shape index (κ1) is 22.4. The van der Waals surface area contributed by atoms with Crippen LogP contribution in [0.4, 0.5) is 0 Å². The molecule has 0 bridgehead atoms. The molecule has 0 spiro atoms. The molecule has 146 valence electrons. The summed E-state index contributed by atoms with van der Waals surface area (Å²) < 4.78 is 5.28. The molecule has 3 nitrogen and oxygen atoms in total. The van der Waals surface area contributed by atoms with Crippen molar-refractivity contribution in [1.29, 1.82) is 0 Å². The van der Waals surface area contributed by atoms with Crippen LogP contribution in [-0.2, 0) is 4.74 Å². The number of amides is 1. The van der Waals surface area contributed by atoms with Gasteiger partial charge in [-0.15, -0.1) is 0 Å². The summed E-state index contributed by atoms with van der Waals surface area (Å²) in [7, 11) is 0. The highest BCUT2D eigenvalue weighted by molar-refractivity contribution is 5.95. The van der Waals surface area contributed by atoms with Gasteiger partial charge in [0.25, 0.3) is 5.91 Å². The van der Waals surface area contributed by atoms with E-state index in [1.807, 2.05) is 26.0 Å². The van der Waals surface area contributed by atoms with Crippen molar-refractivity contribution in [2.24, 2.45) is 5.92 Å². The predicted molar refractivity (Wildman–Crippen MR) is 112 cm³/mol. The summed E-state index contributed by atoms with van der Waals surface area (Å²) in [6, 6.07) is 3.83. The van der Waals surface area contributed by atoms with E-state index < -0.39 is 0 Å². The maximum atomic E-state index is 12.4. The Morgan fingerprint density at radius 3 is 2.50 bits per heavy atom. The number of ether oxygens (including phenoxy) is 1. The molecule has 0 saturated carbocycles. The fraction of sp³-hybridized carbons (Fsp3) is 0.609. The van der Waals surface area contributed by atoms with Gasteiger partial charge in [-0.25, -0.2) is 0 Å². The van der Waals surface area contributed by atoms with Crippen molar-refractivity contribution in [3.63, 3.8) is 0 Å². The Morgan fingerprint density at radius 1 is 1.19 bits per heavy atom. The molecule has 0 aliphatic carbocycles. The van der Waals surface area contributed by atoms with E-state index in [4.69, 9.17) is 4.74 Å². The normalized spacial score (nSPS) is 12.0. The molecule has 0 aliphatic rings. The first-order valence-corrected chi connectivity index (χ1v) is 10.2. The smallest absolute Gasteiger partial charge is 0.251 e. The third-order valence-corrected chi connectivity index (χ3v) is 4.90. The molecule has 0 aliphatic heterocycles. The second-order valence-corrected chi connectivity index (χ2v) is 6.99. The van der Waals surface area contributed by atoms with E-state index in [0.29, 0.717) is 19.8 Å². The summed E-state index contributed by atoms with van der Waals surface area (Å²) in [5.74, 6) is 0.770. The number of benzene rings is 1. The summed E-state index contributed by atoms with van der Waals surface area (Å²) >= 11 is 0. The van der Waals surface area contributed by atoms with Crippen molar-refractivity contribution in [2.75, 3.05) is 19.8 Å². The van der Waals surface area contributed by atoms with Crippen molar-refractivity contribution in [2.45, 2.75) is 66.2 Å². The van der Waals surface area contributed by atoms with Gasteiger partial charge in [0.1, 0.15) is 0 Å². The van der Waals surface area contributed by atoms with Crippen LogP contribution in [0.2, 0.25) is 0 Å². The van der Waals surface area contributed by atoms with Crippen LogP contribution in [0.25, 0.3) is 12.7 Å². The molecule has 1 aromatic rings. The molecule has 1 rings (SSSR count). The Labute approximate surface area is 159 Å². The van der Waals surface area contributed by atoms with Crippen molar-refractivity contribution >= 4 is 18.6 Å². The second-order valence-electron chi connectivity index (χ2n) is 6.99. The van der Waals surface area contributed by atoms with Gasteiger partial charge in [-0.3, -0.25) is 4.79 Å². The average molecular weight is 360 g/mol. The lowest BCUT2D eigenvalue weighted by atomic mass is 9.93. The van der Waals surface area contributed by atoms with Crippen LogP contribution in [0, 0.1) is 12.8 Å². The lowest BCUT2D eigenvalue weighted by Gasteiger charge is -2.13. The Morgan fingerprint density at radius 2 is 1.88 bits per heavy atom. The van der Waals surface area contributed by atoms with Crippen LogP contribution in [0.1, 0.15) is 75.2 Å². The zero-order chi connectivity index (χ0) is 19.4. The minimum absolute atomic E-state index is 0.0355. The van der Waals surface area contributed by atoms with E-state index >= 15 is 0 Å². The molecule has 3 heteroatoms. The van der Waals surface area contributed by atoms with Gasteiger partial charge in [-0.2, -0.15) is 0 Å². The number of rotatable bonds is 12. The lowest BCUT2D eigenvalue weighted by molar-refractivity contribution is 0.0922. The number of hydrogen-bond donors (Lipinski definition) is 1. The standard InChI is InChI=1S/C23H37NO2/c1-6-10-20(11-7-2)12-9-13-21-18(4)14-15-22(19(21)5)23(25)24-16-17-26-8-3/h13-15,20H,4,6-12,16-17H2,1-3,5H3,(H,24,25)/b21-13+. The Hall–Kier alpha value is -1.61. The Balaban J connectivity index is 2.85. The highest BCUT2D eigenvalue weighted by Crippen LogP contribution is 2.19. The summed E-state index contributed by atoms with van der Waals surface area (Å²) in [6.07, 6.45) is 9.64. The minimum Gasteiger partial charge on any atom is -0.380 e. The van der Waals surface area contributed by atoms with Gasteiger partial charge in [0.05, 0.1) is 6.61 Å². The molecular formula is C23H37NO2. The van der Waals surface area contributed by atoms with Gasteiger partial charge in [-0.05, 0) is 54.7 Å². The van der Waals surface area contributed by atoms with E-state index in [2.05, 4.69) is 31.8 Å². The molecule has 0 heterocycles. The van der Waals surface area contributed by atoms with E-state index in [-0.39, 0.29) is 5.91 Å². The summed E-state index contributed by atoms with van der Waals surface area (Å²) in [6.45, 7) is 14.4. The summed E-state index contributed by atoms with van der Waals surface area (Å²) in [5.41, 5.74) is 1.76. The fourth-order valence-electron chi connectivity index (χ4n) is 3.50. The molecule has 26 heavy (non-hydrogen) atoms. The highest BCUT2D eigenvalue weighted by Gasteiger charge is 2.10. The quantitative estimate of drug-likeness (QED) is 0.574. The maximum absolute atomic E-state index is 12.4. The topological polar surface area (TPSA) is 38.3 Å². The largest absolute Gasteiger partial charge is 0.380 e. The number of carbonyl (C=O) groups is 1. The summed E-state index contributed by atoms with van der Waals surface area (Å²) in [4.78, 5) is 12.4. The maximum Gasteiger partial charge on any atom is 0.251 e. The number of carbonyl (C=O) groups excluding carboxylic acids is 1. The Kier molecular flexibility index (Phi) is 11.0. The van der Waals surface area contributed by atoms with E-state index in [1.54, 1.807) is 0 Å². The molecule has 0 unspecified atom stereocenters. The first-order chi connectivity index (χ1) is 12.5. The fourth-order valence-corrected chi connectivity index (χ4v) is 3.50. The molecular weight excluding hydrogens is 322 g/mol. The van der Waals surface area contributed by atoms with Gasteiger partial charge >= 0.3 is 0 Å². The molecule has 0 atom stereocenters. The minimum atomic E-state index is -0.0355. The lowest BCUT2D eigenvalue weighted by Crippen LogP contribution is -2.33. The molecule has 0 fully saturated rings. The third-order valence-electron chi connectivity index (χ3n) is 4.90. The average Bonchev–Trinajstić information content (AvgIpc) is 2.61. The van der Waals surface area contributed by atoms with Crippen molar-refractivity contribution in [3.8, 4) is 0 Å². The van der Waals surface area contributed by atoms with Crippen LogP contribution in [0.5, 0.6) is 0 Å². The Bertz CT molecular complexity index is 645. The van der Waals surface area contributed by atoms with E-state index in [9.17, 15) is 4.79 Å². The summed E-state index contributed by atoms with van der Waals surface area (Å²) in [5, 5.41) is 5.05. The molecule has 0 radical (unpaired) electrons. The molecule has 0 saturated heterocycles. The highest BCUT2D eigenvalue weighted by atomic mass is 16.5. The van der Waals surface area contributed by atoms with Gasteiger partial charge in [0.2, 0.25) is 0 Å². The van der Waals surface area contributed by atoms with Gasteiger partial charge < -0.3 is 10.1 Å². The zero-order valence-corrected chi connectivity index (χ0v) is 17.2. The number of hydrogen-bond acceptors (Lipinski definition) is 2. The SMILES string of the molecule is C=c1ccc(C(=O)NCCOCC)c(C)/c1=C/CCC(CCC)CCC. The zero-order valence-electron chi connectivity index (χ0n) is 17.2. The van der Waals surface area contributed by atoms with E-state index in [0.717, 1.165) is 33.9 Å². The second kappa shape index (κ2) is 12.7. The van der Waals surface area contributed by atoms with Crippen molar-refractivity contribution < 1.29 is 9.53 Å². The van der Waals surface area contributed by atoms with Crippen LogP contribution >= 0.6 is 0 Å². The van der Waals surface area contributed by atoms with Gasteiger partial charge in [-0.1, -0.05) is 58.3 Å².